The summed E-state index contributed by atoms with van der Waals surface area (Å²) < 4.78 is 5.51. The van der Waals surface area contributed by atoms with E-state index < -0.39 is 0 Å². The molecule has 0 radical (unpaired) electrons. The molecule has 2 nitrogen and oxygen atoms in total. The molecule has 1 aromatic rings. The maximum atomic E-state index is 9.06. The lowest BCUT2D eigenvalue weighted by molar-refractivity contribution is 0.244. The number of ether oxygens (including phenoxy) is 1. The smallest absolute Gasteiger partial charge is 0.144 e. The Morgan fingerprint density at radius 2 is 2.36 bits per heavy atom. The Kier molecular flexibility index (Phi) is 3.98. The molecule has 76 valence electrons. The van der Waals surface area contributed by atoms with Crippen molar-refractivity contribution >= 4 is 11.6 Å². The number of rotatable bonds is 4. The Morgan fingerprint density at radius 3 is 2.93 bits per heavy atom. The fraction of sp³-hybridized carbons (Fsp3) is 0.273. The summed E-state index contributed by atoms with van der Waals surface area (Å²) >= 11 is 5.94. The number of halogens is 1. The van der Waals surface area contributed by atoms with Gasteiger partial charge in [-0.1, -0.05) is 36.4 Å². The zero-order valence-electron chi connectivity index (χ0n) is 8.03. The van der Waals surface area contributed by atoms with Gasteiger partial charge in [0.2, 0.25) is 0 Å². The van der Waals surface area contributed by atoms with Crippen LogP contribution < -0.4 is 4.74 Å². The molecular weight excluding hydrogens is 200 g/mol. The summed E-state index contributed by atoms with van der Waals surface area (Å²) in [5.41, 5.74) is 0.686. The monoisotopic (exact) mass is 212 g/mol. The Balaban J connectivity index is 2.98. The van der Waals surface area contributed by atoms with E-state index in [1.165, 1.54) is 0 Å². The minimum atomic E-state index is -0.125. The molecule has 0 aliphatic heterocycles. The van der Waals surface area contributed by atoms with Crippen LogP contribution in [0.3, 0.4) is 0 Å². The molecule has 1 rings (SSSR count). The van der Waals surface area contributed by atoms with Crippen molar-refractivity contribution in [1.29, 1.82) is 0 Å². The van der Waals surface area contributed by atoms with Crippen molar-refractivity contribution in [3.05, 3.63) is 41.4 Å². The van der Waals surface area contributed by atoms with Crippen LogP contribution in [-0.4, -0.2) is 11.2 Å². The number of benzene rings is 1. The van der Waals surface area contributed by atoms with Crippen LogP contribution in [0.1, 0.15) is 12.5 Å². The highest BCUT2D eigenvalue weighted by molar-refractivity contribution is 6.32. The van der Waals surface area contributed by atoms with Gasteiger partial charge in [0, 0.05) is 5.56 Å². The van der Waals surface area contributed by atoms with E-state index in [9.17, 15) is 0 Å². The summed E-state index contributed by atoms with van der Waals surface area (Å²) in [7, 11) is 0. The molecule has 0 fully saturated rings. The van der Waals surface area contributed by atoms with Crippen LogP contribution in [0.5, 0.6) is 5.75 Å². The maximum Gasteiger partial charge on any atom is 0.144 e. The summed E-state index contributed by atoms with van der Waals surface area (Å²) in [5.74, 6) is 0.532. The lowest BCUT2D eigenvalue weighted by Gasteiger charge is -2.14. The second kappa shape index (κ2) is 5.03. The molecule has 0 amide bonds. The van der Waals surface area contributed by atoms with E-state index in [2.05, 4.69) is 6.58 Å². The molecular formula is C11H13ClO2. The highest BCUT2D eigenvalue weighted by Gasteiger charge is 2.09. The highest BCUT2D eigenvalue weighted by atomic mass is 35.5. The average molecular weight is 213 g/mol. The first-order chi connectivity index (χ1) is 6.69. The number of aliphatic hydroxyl groups excluding tert-OH is 1. The fourth-order valence-corrected chi connectivity index (χ4v) is 1.28. The van der Waals surface area contributed by atoms with E-state index in [1.807, 2.05) is 6.92 Å². The quantitative estimate of drug-likeness (QED) is 0.778. The van der Waals surface area contributed by atoms with Gasteiger partial charge in [-0.2, -0.15) is 0 Å². The number of hydrogen-bond donors (Lipinski definition) is 1. The van der Waals surface area contributed by atoms with Gasteiger partial charge in [-0.05, 0) is 13.0 Å². The third-order valence-corrected chi connectivity index (χ3v) is 2.15. The zero-order chi connectivity index (χ0) is 10.6. The molecule has 0 aliphatic rings. The van der Waals surface area contributed by atoms with Crippen LogP contribution in [-0.2, 0) is 6.61 Å². The Labute approximate surface area is 88.8 Å². The van der Waals surface area contributed by atoms with Crippen molar-refractivity contribution in [1.82, 2.24) is 0 Å². The number of hydrogen-bond acceptors (Lipinski definition) is 2. The first-order valence-corrected chi connectivity index (χ1v) is 4.74. The predicted octanol–water partition coefficient (Wildman–Crippen LogP) is 2.79. The van der Waals surface area contributed by atoms with Gasteiger partial charge in [0.25, 0.3) is 0 Å². The van der Waals surface area contributed by atoms with Crippen LogP contribution in [0.25, 0.3) is 0 Å². The van der Waals surface area contributed by atoms with Crippen molar-refractivity contribution in [3.8, 4) is 5.75 Å². The lowest BCUT2D eigenvalue weighted by Crippen LogP contribution is -2.09. The standard InChI is InChI=1S/C11H13ClO2/c1-3-8(2)14-11-9(7-13)5-4-6-10(11)12/h3-6,8,13H,1,7H2,2H3. The van der Waals surface area contributed by atoms with Crippen LogP contribution >= 0.6 is 11.6 Å². The van der Waals surface area contributed by atoms with Gasteiger partial charge in [-0.15, -0.1) is 0 Å². The van der Waals surface area contributed by atoms with Crippen molar-refractivity contribution < 1.29 is 9.84 Å². The van der Waals surface area contributed by atoms with Crippen molar-refractivity contribution in [2.24, 2.45) is 0 Å². The van der Waals surface area contributed by atoms with E-state index >= 15 is 0 Å². The van der Waals surface area contributed by atoms with E-state index in [4.69, 9.17) is 21.4 Å². The van der Waals surface area contributed by atoms with Gasteiger partial charge >= 0.3 is 0 Å². The SMILES string of the molecule is C=CC(C)Oc1c(Cl)cccc1CO. The molecule has 0 aliphatic carbocycles. The molecule has 1 aromatic carbocycles. The van der Waals surface area contributed by atoms with E-state index in [0.29, 0.717) is 16.3 Å². The van der Waals surface area contributed by atoms with Gasteiger partial charge in [0.1, 0.15) is 11.9 Å². The normalized spacial score (nSPS) is 12.2. The van der Waals surface area contributed by atoms with Crippen molar-refractivity contribution in [2.75, 3.05) is 0 Å². The predicted molar refractivity (Wildman–Crippen MR) is 57.7 cm³/mol. The summed E-state index contributed by atoms with van der Waals surface area (Å²) in [6.07, 6.45) is 1.55. The second-order valence-electron chi connectivity index (χ2n) is 2.94. The molecule has 1 N–H and O–H groups in total. The first kappa shape index (κ1) is 11.1. The molecule has 3 heteroatoms. The minimum Gasteiger partial charge on any atom is -0.485 e. The maximum absolute atomic E-state index is 9.06. The molecule has 1 atom stereocenters. The highest BCUT2D eigenvalue weighted by Crippen LogP contribution is 2.29. The van der Waals surface area contributed by atoms with Gasteiger partial charge < -0.3 is 9.84 Å². The van der Waals surface area contributed by atoms with Gasteiger partial charge in [0.15, 0.2) is 0 Å². The second-order valence-corrected chi connectivity index (χ2v) is 3.35. The molecule has 0 saturated heterocycles. The third-order valence-electron chi connectivity index (χ3n) is 1.85. The molecule has 1 unspecified atom stereocenters. The molecule has 0 spiro atoms. The van der Waals surface area contributed by atoms with Crippen LogP contribution in [0.15, 0.2) is 30.9 Å². The van der Waals surface area contributed by atoms with Crippen LogP contribution in [0.4, 0.5) is 0 Å². The fourth-order valence-electron chi connectivity index (χ4n) is 1.04. The molecule has 14 heavy (non-hydrogen) atoms. The number of para-hydroxylation sites is 1. The van der Waals surface area contributed by atoms with Gasteiger partial charge in [0.05, 0.1) is 11.6 Å². The summed E-state index contributed by atoms with van der Waals surface area (Å²) in [6, 6.07) is 5.28. The Bertz CT molecular complexity index is 323. The molecule has 0 bridgehead atoms. The van der Waals surface area contributed by atoms with Gasteiger partial charge in [-0.25, -0.2) is 0 Å². The molecule has 0 heterocycles. The average Bonchev–Trinajstić information content (AvgIpc) is 2.20. The van der Waals surface area contributed by atoms with E-state index in [-0.39, 0.29) is 12.7 Å². The van der Waals surface area contributed by atoms with Crippen LogP contribution in [0, 0.1) is 0 Å². The third kappa shape index (κ3) is 2.50. The topological polar surface area (TPSA) is 29.5 Å². The molecule has 0 saturated carbocycles. The summed E-state index contributed by atoms with van der Waals surface area (Å²) in [6.45, 7) is 5.39. The van der Waals surface area contributed by atoms with Crippen molar-refractivity contribution in [3.63, 3.8) is 0 Å². The Hall–Kier alpha value is -0.990. The lowest BCUT2D eigenvalue weighted by atomic mass is 10.2. The van der Waals surface area contributed by atoms with Gasteiger partial charge in [-0.3, -0.25) is 0 Å². The Morgan fingerprint density at radius 1 is 1.64 bits per heavy atom. The van der Waals surface area contributed by atoms with E-state index in [1.54, 1.807) is 24.3 Å². The largest absolute Gasteiger partial charge is 0.485 e. The zero-order valence-corrected chi connectivity index (χ0v) is 8.79. The number of aliphatic hydroxyl groups is 1. The van der Waals surface area contributed by atoms with E-state index in [0.717, 1.165) is 0 Å². The first-order valence-electron chi connectivity index (χ1n) is 4.36. The summed E-state index contributed by atoms with van der Waals surface area (Å²) in [5, 5.41) is 9.57. The molecule has 0 aromatic heterocycles. The minimum absolute atomic E-state index is 0.0836. The van der Waals surface area contributed by atoms with Crippen molar-refractivity contribution in [2.45, 2.75) is 19.6 Å². The summed E-state index contributed by atoms with van der Waals surface area (Å²) in [4.78, 5) is 0. The van der Waals surface area contributed by atoms with Crippen LogP contribution in [0.2, 0.25) is 5.02 Å².